The van der Waals surface area contributed by atoms with E-state index in [0.717, 1.165) is 44.9 Å². The highest BCUT2D eigenvalue weighted by atomic mass is 16.6. The van der Waals surface area contributed by atoms with Crippen molar-refractivity contribution in [1.29, 1.82) is 0 Å². The molecule has 51 heavy (non-hydrogen) atoms. The molecule has 10 nitrogen and oxygen atoms in total. The molecule has 0 aromatic rings. The van der Waals surface area contributed by atoms with Gasteiger partial charge in [0.25, 0.3) is 0 Å². The van der Waals surface area contributed by atoms with Crippen LogP contribution in [0.25, 0.3) is 0 Å². The van der Waals surface area contributed by atoms with Gasteiger partial charge in [-0.1, -0.05) is 54.9 Å². The maximum atomic E-state index is 13.2. The van der Waals surface area contributed by atoms with Gasteiger partial charge in [0, 0.05) is 6.54 Å². The number of rotatable bonds is 23. The molecule has 2 N–H and O–H groups in total. The number of esters is 4. The van der Waals surface area contributed by atoms with Gasteiger partial charge in [0.05, 0.1) is 37.3 Å². The van der Waals surface area contributed by atoms with Gasteiger partial charge in [-0.25, -0.2) is 0 Å². The smallest absolute Gasteiger partial charge is 0.324 e. The molecule has 11 unspecified atom stereocenters. The summed E-state index contributed by atoms with van der Waals surface area (Å²) in [7, 11) is 0. The standard InChI is InChI=1S/C41H74N2O8/c1-12-27(7)48-36(44)21-34(39(46)50-29(9)14-3)42-24-32-17-16-18-33(32)38(26(5)6)31-19-20-41(11,23-31)25-43-35(40(47)51-30(10)15-4)22-37(45)49-28(8)13-2/h26-35,38,42-43H,12-25H2,1-11H3. The molecule has 0 bridgehead atoms. The van der Waals surface area contributed by atoms with E-state index in [4.69, 9.17) is 18.9 Å². The molecule has 2 rings (SSSR count). The molecular formula is C41H74N2O8. The molecule has 11 atom stereocenters. The van der Waals surface area contributed by atoms with Crippen molar-refractivity contribution in [3.63, 3.8) is 0 Å². The Morgan fingerprint density at radius 3 is 1.61 bits per heavy atom. The molecule has 0 aromatic heterocycles. The van der Waals surface area contributed by atoms with Gasteiger partial charge in [-0.2, -0.15) is 0 Å². The Kier molecular flexibility index (Phi) is 19.5. The number of carbonyl (C=O) groups is 4. The van der Waals surface area contributed by atoms with Crippen LogP contribution in [0.5, 0.6) is 0 Å². The van der Waals surface area contributed by atoms with Crippen molar-refractivity contribution in [3.05, 3.63) is 0 Å². The first-order valence-corrected chi connectivity index (χ1v) is 20.3. The molecule has 0 aliphatic heterocycles. The predicted octanol–water partition coefficient (Wildman–Crippen LogP) is 7.54. The maximum Gasteiger partial charge on any atom is 0.324 e. The van der Waals surface area contributed by atoms with Crippen LogP contribution in [-0.4, -0.2) is 73.5 Å². The van der Waals surface area contributed by atoms with Crippen LogP contribution in [0.3, 0.4) is 0 Å². The van der Waals surface area contributed by atoms with E-state index in [9.17, 15) is 19.2 Å². The Balaban J connectivity index is 2.13. The van der Waals surface area contributed by atoms with Crippen molar-refractivity contribution in [2.24, 2.45) is 35.0 Å². The summed E-state index contributed by atoms with van der Waals surface area (Å²) in [6.45, 7) is 23.6. The highest BCUT2D eigenvalue weighted by Gasteiger charge is 2.45. The maximum absolute atomic E-state index is 13.2. The molecule has 2 fully saturated rings. The molecule has 2 aliphatic rings. The van der Waals surface area contributed by atoms with Gasteiger partial charge < -0.3 is 29.6 Å². The first-order chi connectivity index (χ1) is 24.1. The van der Waals surface area contributed by atoms with Gasteiger partial charge in [0.2, 0.25) is 0 Å². The number of nitrogens with one attached hydrogen (secondary N) is 2. The average Bonchev–Trinajstić information content (AvgIpc) is 3.70. The summed E-state index contributed by atoms with van der Waals surface area (Å²) >= 11 is 0. The van der Waals surface area contributed by atoms with Gasteiger partial charge in [-0.3, -0.25) is 19.2 Å². The van der Waals surface area contributed by atoms with E-state index in [-0.39, 0.29) is 60.6 Å². The third kappa shape index (κ3) is 15.0. The Hall–Kier alpha value is -2.20. The lowest BCUT2D eigenvalue weighted by Crippen LogP contribution is -2.45. The Morgan fingerprint density at radius 1 is 0.667 bits per heavy atom. The number of ether oxygens (including phenoxy) is 4. The van der Waals surface area contributed by atoms with Crippen LogP contribution >= 0.6 is 0 Å². The van der Waals surface area contributed by atoms with Crippen molar-refractivity contribution >= 4 is 23.9 Å². The lowest BCUT2D eigenvalue weighted by molar-refractivity contribution is -0.158. The van der Waals surface area contributed by atoms with Crippen LogP contribution in [0.15, 0.2) is 0 Å². The SMILES string of the molecule is CCC(C)OC(=O)CC(NCC1CCCC1C(C(C)C)C1CCC(C)(CNC(CC(=O)OC(C)CC)C(=O)OC(C)CC)C1)C(=O)OC(C)CC. The predicted molar refractivity (Wildman–Crippen MR) is 201 cm³/mol. The third-order valence-corrected chi connectivity index (χ3v) is 11.7. The van der Waals surface area contributed by atoms with Gasteiger partial charge in [-0.15, -0.1) is 0 Å². The van der Waals surface area contributed by atoms with Crippen LogP contribution in [0.2, 0.25) is 0 Å². The molecule has 0 radical (unpaired) electrons. The Bertz CT molecular complexity index is 1080. The van der Waals surface area contributed by atoms with Crippen LogP contribution in [0.1, 0.15) is 153 Å². The molecule has 10 heteroatoms. The van der Waals surface area contributed by atoms with Gasteiger partial charge in [0.1, 0.15) is 12.1 Å². The highest BCUT2D eigenvalue weighted by molar-refractivity contribution is 5.83. The van der Waals surface area contributed by atoms with E-state index >= 15 is 0 Å². The fraction of sp³-hybridized carbons (Fsp3) is 0.902. The topological polar surface area (TPSA) is 129 Å². The highest BCUT2D eigenvalue weighted by Crippen LogP contribution is 2.52. The first kappa shape index (κ1) is 45.0. The second kappa shape index (κ2) is 22.1. The summed E-state index contributed by atoms with van der Waals surface area (Å²) in [5, 5.41) is 6.91. The average molecular weight is 723 g/mol. The Labute approximate surface area is 310 Å². The minimum atomic E-state index is -0.750. The largest absolute Gasteiger partial charge is 0.463 e. The summed E-state index contributed by atoms with van der Waals surface area (Å²) in [5.74, 6) is 0.865. The van der Waals surface area contributed by atoms with Crippen LogP contribution < -0.4 is 10.6 Å². The minimum absolute atomic E-state index is 0.0273. The number of hydrogen-bond donors (Lipinski definition) is 2. The second-order valence-corrected chi connectivity index (χ2v) is 16.5. The minimum Gasteiger partial charge on any atom is -0.463 e. The van der Waals surface area contributed by atoms with Crippen molar-refractivity contribution in [2.75, 3.05) is 13.1 Å². The lowest BCUT2D eigenvalue weighted by atomic mass is 9.69. The van der Waals surface area contributed by atoms with Gasteiger partial charge in [0.15, 0.2) is 0 Å². The van der Waals surface area contributed by atoms with E-state index in [2.05, 4.69) is 31.4 Å². The molecule has 2 aliphatic carbocycles. The fourth-order valence-corrected chi connectivity index (χ4v) is 7.99. The van der Waals surface area contributed by atoms with Crippen molar-refractivity contribution in [1.82, 2.24) is 10.6 Å². The van der Waals surface area contributed by atoms with E-state index in [0.29, 0.717) is 61.9 Å². The normalized spacial score (nSPS) is 26.1. The lowest BCUT2D eigenvalue weighted by Gasteiger charge is -2.38. The summed E-state index contributed by atoms with van der Waals surface area (Å²) in [4.78, 5) is 51.9. The quantitative estimate of drug-likeness (QED) is 0.0806. The van der Waals surface area contributed by atoms with Crippen LogP contribution in [0, 0.1) is 35.0 Å². The summed E-state index contributed by atoms with van der Waals surface area (Å²) in [5.41, 5.74) is -0.0273. The van der Waals surface area contributed by atoms with Crippen molar-refractivity contribution in [3.8, 4) is 0 Å². The van der Waals surface area contributed by atoms with E-state index in [1.807, 2.05) is 55.4 Å². The number of carbonyl (C=O) groups excluding carboxylic acids is 4. The number of hydrogen-bond acceptors (Lipinski definition) is 10. The van der Waals surface area contributed by atoms with Crippen LogP contribution in [0.4, 0.5) is 0 Å². The molecule has 0 spiro atoms. The van der Waals surface area contributed by atoms with Crippen LogP contribution in [-0.2, 0) is 38.1 Å². The molecule has 0 heterocycles. The zero-order valence-corrected chi connectivity index (χ0v) is 34.0. The first-order valence-electron chi connectivity index (χ1n) is 20.3. The summed E-state index contributed by atoms with van der Waals surface area (Å²) in [6.07, 6.45) is 8.49. The Morgan fingerprint density at radius 2 is 1.14 bits per heavy atom. The van der Waals surface area contributed by atoms with Crippen molar-refractivity contribution < 1.29 is 38.1 Å². The fourth-order valence-electron chi connectivity index (χ4n) is 7.99. The molecule has 296 valence electrons. The zero-order valence-electron chi connectivity index (χ0n) is 34.0. The van der Waals surface area contributed by atoms with E-state index < -0.39 is 18.1 Å². The third-order valence-electron chi connectivity index (χ3n) is 11.7. The molecule has 2 saturated carbocycles. The van der Waals surface area contributed by atoms with E-state index in [1.165, 1.54) is 0 Å². The van der Waals surface area contributed by atoms with Crippen molar-refractivity contribution in [2.45, 2.75) is 190 Å². The molecule has 0 aromatic carbocycles. The molecular weight excluding hydrogens is 648 g/mol. The van der Waals surface area contributed by atoms with Gasteiger partial charge in [-0.05, 0) is 127 Å². The second-order valence-electron chi connectivity index (χ2n) is 16.5. The molecule has 0 amide bonds. The monoisotopic (exact) mass is 723 g/mol. The summed E-state index contributed by atoms with van der Waals surface area (Å²) in [6, 6.07) is -1.49. The molecule has 0 saturated heterocycles. The van der Waals surface area contributed by atoms with Gasteiger partial charge >= 0.3 is 23.9 Å². The zero-order chi connectivity index (χ0) is 38.3. The van der Waals surface area contributed by atoms with E-state index in [1.54, 1.807) is 0 Å². The summed E-state index contributed by atoms with van der Waals surface area (Å²) < 4.78 is 22.4.